The number of nitrogens with one attached hydrogen (secondary N) is 1. The molecule has 2 aromatic carbocycles. The van der Waals surface area contributed by atoms with Gasteiger partial charge in [0.2, 0.25) is 0 Å². The van der Waals surface area contributed by atoms with Crippen LogP contribution in [0.1, 0.15) is 11.1 Å². The van der Waals surface area contributed by atoms with Crippen molar-refractivity contribution in [2.75, 3.05) is 6.61 Å². The molecule has 24 heavy (non-hydrogen) atoms. The summed E-state index contributed by atoms with van der Waals surface area (Å²) < 4.78 is 20.5. The van der Waals surface area contributed by atoms with E-state index in [2.05, 4.69) is 37.2 Å². The average Bonchev–Trinajstić information content (AvgIpc) is 2.52. The zero-order valence-corrected chi connectivity index (χ0v) is 16.2. The highest BCUT2D eigenvalue weighted by Crippen LogP contribution is 2.24. The summed E-state index contributed by atoms with van der Waals surface area (Å²) in [6.07, 6.45) is 0. The van der Waals surface area contributed by atoms with Crippen molar-refractivity contribution in [1.29, 1.82) is 0 Å². The fourth-order valence-corrected chi connectivity index (χ4v) is 2.81. The van der Waals surface area contributed by atoms with Crippen LogP contribution < -0.4 is 10.1 Å². The van der Waals surface area contributed by atoms with Gasteiger partial charge in [0.05, 0.1) is 5.56 Å². The lowest BCUT2D eigenvalue weighted by Gasteiger charge is -2.14. The van der Waals surface area contributed by atoms with E-state index in [-0.39, 0.29) is 12.4 Å². The first-order valence-corrected chi connectivity index (χ1v) is 8.72. The molecule has 0 saturated carbocycles. The summed E-state index contributed by atoms with van der Waals surface area (Å²) in [5.41, 5.74) is 0.988. The van der Waals surface area contributed by atoms with Crippen LogP contribution in [0.15, 0.2) is 45.3 Å². The van der Waals surface area contributed by atoms with Gasteiger partial charge in [0.15, 0.2) is 6.61 Å². The quantitative estimate of drug-likeness (QED) is 0.609. The third-order valence-corrected chi connectivity index (χ3v) is 4.34. The summed E-state index contributed by atoms with van der Waals surface area (Å²) >= 11 is 11.9. The van der Waals surface area contributed by atoms with Crippen molar-refractivity contribution in [2.45, 2.75) is 6.54 Å². The Morgan fingerprint density at radius 3 is 2.54 bits per heavy atom. The Bertz CT molecular complexity index is 786. The lowest BCUT2D eigenvalue weighted by molar-refractivity contribution is -0.139. The van der Waals surface area contributed by atoms with E-state index in [0.29, 0.717) is 26.3 Å². The van der Waals surface area contributed by atoms with Gasteiger partial charge in [-0.05, 0) is 30.3 Å². The van der Waals surface area contributed by atoms with Gasteiger partial charge >= 0.3 is 5.97 Å². The summed E-state index contributed by atoms with van der Waals surface area (Å²) in [6, 6.07) is 9.82. The van der Waals surface area contributed by atoms with Gasteiger partial charge < -0.3 is 15.2 Å². The van der Waals surface area contributed by atoms with Crippen LogP contribution in [-0.4, -0.2) is 22.7 Å². The lowest BCUT2D eigenvalue weighted by atomic mass is 10.1. The third-order valence-electron chi connectivity index (χ3n) is 2.99. The number of ether oxygens (including phenoxy) is 1. The zero-order valence-electron chi connectivity index (χ0n) is 12.2. The molecule has 2 N–H and O–H groups in total. The molecule has 0 radical (unpaired) electrons. The fraction of sp³-hybridized carbons (Fsp3) is 0.125. The average molecular weight is 477 g/mol. The normalized spacial score (nSPS) is 10.3. The number of aliphatic carboxylic acids is 1. The minimum absolute atomic E-state index is 0.197. The molecule has 0 heterocycles. The summed E-state index contributed by atoms with van der Waals surface area (Å²) in [5, 5.41) is 11.7. The molecule has 0 aliphatic heterocycles. The van der Waals surface area contributed by atoms with Gasteiger partial charge in [0.1, 0.15) is 16.6 Å². The monoisotopic (exact) mass is 475 g/mol. The van der Waals surface area contributed by atoms with Crippen molar-refractivity contribution >= 4 is 55.0 Å². The minimum atomic E-state index is -1.08. The number of carbonyl (C=O) groups is 1. The highest BCUT2D eigenvalue weighted by Gasteiger charge is 2.12. The number of carboxylic acids is 1. The van der Waals surface area contributed by atoms with Crippen molar-refractivity contribution < 1.29 is 19.0 Å². The first-order chi connectivity index (χ1) is 11.4. The highest BCUT2D eigenvalue weighted by molar-refractivity contribution is 9.10. The molecule has 8 heteroatoms. The molecule has 2 rings (SSSR count). The van der Waals surface area contributed by atoms with Crippen molar-refractivity contribution in [2.24, 2.45) is 0 Å². The van der Waals surface area contributed by atoms with E-state index in [1.165, 1.54) is 6.07 Å². The topological polar surface area (TPSA) is 58.6 Å². The number of halogens is 3. The summed E-state index contributed by atoms with van der Waals surface area (Å²) in [5.74, 6) is -1.09. The van der Waals surface area contributed by atoms with Crippen molar-refractivity contribution in [1.82, 2.24) is 5.32 Å². The summed E-state index contributed by atoms with van der Waals surface area (Å²) in [6.45, 7) is -0.276. The van der Waals surface area contributed by atoms with Crippen molar-refractivity contribution in [3.05, 3.63) is 62.3 Å². The van der Waals surface area contributed by atoms with E-state index < -0.39 is 12.6 Å². The molecule has 0 saturated heterocycles. The second-order valence-corrected chi connectivity index (χ2v) is 6.98. The first kappa shape index (κ1) is 18.8. The Balaban J connectivity index is 2.13. The Hall–Kier alpha value is -1.51. The molecule has 0 unspecified atom stereocenters. The molecule has 0 spiro atoms. The SMILES string of the molecule is O=C(O)COc1ccc(Br)cc1C(=S)NCc1ccc(Br)cc1F. The van der Waals surface area contributed by atoms with Crippen LogP contribution in [0.25, 0.3) is 0 Å². The van der Waals surface area contributed by atoms with Gasteiger partial charge in [-0.15, -0.1) is 0 Å². The molecule has 0 bridgehead atoms. The number of rotatable bonds is 6. The largest absolute Gasteiger partial charge is 0.481 e. The van der Waals surface area contributed by atoms with E-state index in [4.69, 9.17) is 22.1 Å². The maximum Gasteiger partial charge on any atom is 0.341 e. The molecule has 0 aromatic heterocycles. The van der Waals surface area contributed by atoms with E-state index in [1.54, 1.807) is 30.3 Å². The number of benzene rings is 2. The maximum absolute atomic E-state index is 13.8. The third kappa shape index (κ3) is 5.25. The molecule has 4 nitrogen and oxygen atoms in total. The van der Waals surface area contributed by atoms with E-state index in [9.17, 15) is 9.18 Å². The van der Waals surface area contributed by atoms with E-state index >= 15 is 0 Å². The molecule has 2 aromatic rings. The Labute approximate surface area is 160 Å². The second kappa shape index (κ2) is 8.55. The van der Waals surface area contributed by atoms with E-state index in [1.807, 2.05) is 0 Å². The first-order valence-electron chi connectivity index (χ1n) is 6.73. The van der Waals surface area contributed by atoms with Gasteiger partial charge in [0.25, 0.3) is 0 Å². The number of thiocarbonyl (C=S) groups is 1. The molecule has 126 valence electrons. The van der Waals surface area contributed by atoms with Crippen molar-refractivity contribution in [3.63, 3.8) is 0 Å². The van der Waals surface area contributed by atoms with Crippen LogP contribution >= 0.6 is 44.1 Å². The number of hydrogen-bond acceptors (Lipinski definition) is 3. The smallest absolute Gasteiger partial charge is 0.341 e. The lowest BCUT2D eigenvalue weighted by Crippen LogP contribution is -2.23. The molecular weight excluding hydrogens is 465 g/mol. The molecule has 0 amide bonds. The number of carboxylic acid groups (broad SMARTS) is 1. The molecule has 0 fully saturated rings. The van der Waals surface area contributed by atoms with Crippen LogP contribution in [0, 0.1) is 5.82 Å². The fourth-order valence-electron chi connectivity index (χ4n) is 1.88. The van der Waals surface area contributed by atoms with Gasteiger partial charge in [-0.25, -0.2) is 9.18 Å². The second-order valence-electron chi connectivity index (χ2n) is 4.74. The van der Waals surface area contributed by atoms with Crippen LogP contribution in [0.3, 0.4) is 0 Å². The molecule has 0 aliphatic rings. The van der Waals surface area contributed by atoms with Crippen LogP contribution in [-0.2, 0) is 11.3 Å². The van der Waals surface area contributed by atoms with Crippen LogP contribution in [0.4, 0.5) is 4.39 Å². The predicted molar refractivity (Wildman–Crippen MR) is 99.9 cm³/mol. The standard InChI is InChI=1S/C16H12Br2FNO3S/c17-10-3-4-14(23-8-15(21)22)12(5-10)16(24)20-7-9-1-2-11(18)6-13(9)19/h1-6H,7-8H2,(H,20,24)(H,21,22). The minimum Gasteiger partial charge on any atom is -0.481 e. The Morgan fingerprint density at radius 1 is 1.21 bits per heavy atom. The van der Waals surface area contributed by atoms with Gasteiger partial charge in [-0.2, -0.15) is 0 Å². The summed E-state index contributed by atoms with van der Waals surface area (Å²) in [7, 11) is 0. The molecular formula is C16H12Br2FNO3S. The Morgan fingerprint density at radius 2 is 1.88 bits per heavy atom. The predicted octanol–water partition coefficient (Wildman–Crippen LogP) is 4.28. The molecule has 0 atom stereocenters. The maximum atomic E-state index is 13.8. The summed E-state index contributed by atoms with van der Waals surface area (Å²) in [4.78, 5) is 11.0. The molecule has 0 aliphatic carbocycles. The van der Waals surface area contributed by atoms with Crippen LogP contribution in [0.5, 0.6) is 5.75 Å². The highest BCUT2D eigenvalue weighted by atomic mass is 79.9. The Kier molecular flexibility index (Phi) is 6.70. The van der Waals surface area contributed by atoms with Crippen molar-refractivity contribution in [3.8, 4) is 5.75 Å². The van der Waals surface area contributed by atoms with Crippen LogP contribution in [0.2, 0.25) is 0 Å². The van der Waals surface area contributed by atoms with Gasteiger partial charge in [0, 0.05) is 21.1 Å². The number of hydrogen-bond donors (Lipinski definition) is 2. The van der Waals surface area contributed by atoms with E-state index in [0.717, 1.165) is 4.47 Å². The zero-order chi connectivity index (χ0) is 17.7. The van der Waals surface area contributed by atoms with Gasteiger partial charge in [-0.3, -0.25) is 0 Å². The van der Waals surface area contributed by atoms with Gasteiger partial charge in [-0.1, -0.05) is 50.1 Å².